The van der Waals surface area contributed by atoms with Gasteiger partial charge in [-0.3, -0.25) is 10.1 Å². The second-order valence-corrected chi connectivity index (χ2v) is 6.17. The average molecular weight is 308 g/mol. The number of nitrogens with zero attached hydrogens (tertiary/aromatic N) is 1. The highest BCUT2D eigenvalue weighted by Gasteiger charge is 2.17. The van der Waals surface area contributed by atoms with Crippen LogP contribution in [0.1, 0.15) is 26.5 Å². The molecule has 0 radical (unpaired) electrons. The van der Waals surface area contributed by atoms with Crippen molar-refractivity contribution in [2.24, 2.45) is 0 Å². The first-order valence-electron chi connectivity index (χ1n) is 6.41. The average Bonchev–Trinajstić information content (AvgIpc) is 2.83. The number of halogens is 1. The lowest BCUT2D eigenvalue weighted by Gasteiger charge is -2.09. The molecule has 0 fully saturated rings. The zero-order valence-electron chi connectivity index (χ0n) is 11.0. The fourth-order valence-corrected chi connectivity index (χ4v) is 3.34. The van der Waals surface area contributed by atoms with Gasteiger partial charge in [0, 0.05) is 35.0 Å². The van der Waals surface area contributed by atoms with E-state index in [1.807, 2.05) is 6.92 Å². The molecule has 0 bridgehead atoms. The minimum atomic E-state index is -0.163. The van der Waals surface area contributed by atoms with Crippen LogP contribution in [0.2, 0.25) is 5.02 Å². The first-order valence-corrected chi connectivity index (χ1v) is 7.60. The van der Waals surface area contributed by atoms with Gasteiger partial charge in [-0.15, -0.1) is 11.3 Å². The number of hydrogen-bond acceptors (Lipinski definition) is 4. The zero-order chi connectivity index (χ0) is 14.1. The molecule has 2 N–H and O–H groups in total. The summed E-state index contributed by atoms with van der Waals surface area (Å²) in [4.78, 5) is 18.0. The van der Waals surface area contributed by atoms with E-state index >= 15 is 0 Å². The van der Waals surface area contributed by atoms with Crippen molar-refractivity contribution in [1.82, 2.24) is 10.3 Å². The molecular weight excluding hydrogens is 294 g/mol. The third-order valence-electron chi connectivity index (χ3n) is 3.34. The van der Waals surface area contributed by atoms with Crippen LogP contribution >= 0.6 is 22.9 Å². The second-order valence-electron chi connectivity index (χ2n) is 4.68. The monoisotopic (exact) mass is 307 g/mol. The van der Waals surface area contributed by atoms with Crippen LogP contribution in [0.25, 0.3) is 0 Å². The van der Waals surface area contributed by atoms with Gasteiger partial charge in [-0.25, -0.2) is 4.98 Å². The lowest BCUT2D eigenvalue weighted by molar-refractivity contribution is 0.102. The van der Waals surface area contributed by atoms with Gasteiger partial charge in [0.05, 0.1) is 5.69 Å². The van der Waals surface area contributed by atoms with Crippen LogP contribution < -0.4 is 10.6 Å². The van der Waals surface area contributed by atoms with Crippen molar-refractivity contribution in [2.75, 3.05) is 11.9 Å². The molecule has 1 aromatic carbocycles. The first kappa shape index (κ1) is 13.5. The van der Waals surface area contributed by atoms with Crippen molar-refractivity contribution in [3.05, 3.63) is 44.9 Å². The van der Waals surface area contributed by atoms with Crippen LogP contribution in [-0.4, -0.2) is 17.4 Å². The quantitative estimate of drug-likeness (QED) is 0.897. The molecule has 1 aromatic heterocycles. The summed E-state index contributed by atoms with van der Waals surface area (Å²) in [5, 5.41) is 7.41. The van der Waals surface area contributed by atoms with Crippen molar-refractivity contribution >= 4 is 34.0 Å². The summed E-state index contributed by atoms with van der Waals surface area (Å²) >= 11 is 7.57. The van der Waals surface area contributed by atoms with E-state index in [9.17, 15) is 4.79 Å². The molecule has 0 unspecified atom stereocenters. The molecule has 0 atom stereocenters. The van der Waals surface area contributed by atoms with E-state index in [0.717, 1.165) is 30.8 Å². The summed E-state index contributed by atoms with van der Waals surface area (Å²) in [6, 6.07) is 5.33. The molecule has 0 saturated carbocycles. The van der Waals surface area contributed by atoms with E-state index in [1.54, 1.807) is 18.2 Å². The highest BCUT2D eigenvalue weighted by molar-refractivity contribution is 7.15. The normalized spacial score (nSPS) is 13.9. The van der Waals surface area contributed by atoms with Gasteiger partial charge in [0.25, 0.3) is 5.91 Å². The SMILES string of the molecule is Cc1c(Cl)cccc1C(=O)Nc1nc2c(s1)CNCC2. The smallest absolute Gasteiger partial charge is 0.257 e. The standard InChI is InChI=1S/C14H14ClN3OS/c1-8-9(3-2-4-10(8)15)13(19)18-14-17-11-5-6-16-7-12(11)20-14/h2-4,16H,5-7H2,1H3,(H,17,18,19). The van der Waals surface area contributed by atoms with Crippen LogP contribution in [0, 0.1) is 6.92 Å². The number of thiazole rings is 1. The molecule has 2 heterocycles. The Balaban J connectivity index is 1.82. The Morgan fingerprint density at radius 1 is 1.50 bits per heavy atom. The predicted molar refractivity (Wildman–Crippen MR) is 81.7 cm³/mol. The minimum absolute atomic E-state index is 0.163. The van der Waals surface area contributed by atoms with Crippen LogP contribution in [0.15, 0.2) is 18.2 Å². The molecule has 1 amide bonds. The van der Waals surface area contributed by atoms with E-state index < -0.39 is 0 Å². The Morgan fingerprint density at radius 2 is 2.35 bits per heavy atom. The Bertz CT molecular complexity index is 645. The lowest BCUT2D eigenvalue weighted by atomic mass is 10.1. The molecule has 1 aliphatic rings. The van der Waals surface area contributed by atoms with Crippen LogP contribution in [-0.2, 0) is 13.0 Å². The number of benzene rings is 1. The molecule has 0 spiro atoms. The van der Waals surface area contributed by atoms with Gasteiger partial charge in [-0.2, -0.15) is 0 Å². The highest BCUT2D eigenvalue weighted by atomic mass is 35.5. The van der Waals surface area contributed by atoms with Crippen molar-refractivity contribution in [2.45, 2.75) is 19.9 Å². The number of amides is 1. The molecule has 6 heteroatoms. The van der Waals surface area contributed by atoms with Crippen LogP contribution in [0.4, 0.5) is 5.13 Å². The summed E-state index contributed by atoms with van der Waals surface area (Å²) in [6.07, 6.45) is 0.915. The summed E-state index contributed by atoms with van der Waals surface area (Å²) in [7, 11) is 0. The maximum atomic E-state index is 12.3. The van der Waals surface area contributed by atoms with Gasteiger partial charge < -0.3 is 5.32 Å². The van der Waals surface area contributed by atoms with E-state index in [2.05, 4.69) is 15.6 Å². The number of carbonyl (C=O) groups is 1. The second kappa shape index (κ2) is 5.52. The third kappa shape index (κ3) is 2.57. The van der Waals surface area contributed by atoms with Crippen molar-refractivity contribution in [1.29, 1.82) is 0 Å². The number of rotatable bonds is 2. The van der Waals surface area contributed by atoms with Gasteiger partial charge >= 0.3 is 0 Å². The van der Waals surface area contributed by atoms with Crippen LogP contribution in [0.5, 0.6) is 0 Å². The minimum Gasteiger partial charge on any atom is -0.311 e. The van der Waals surface area contributed by atoms with E-state index in [4.69, 9.17) is 11.6 Å². The van der Waals surface area contributed by atoms with E-state index in [-0.39, 0.29) is 5.91 Å². The Labute approximate surface area is 126 Å². The van der Waals surface area contributed by atoms with Gasteiger partial charge in [-0.05, 0) is 24.6 Å². The fourth-order valence-electron chi connectivity index (χ4n) is 2.20. The zero-order valence-corrected chi connectivity index (χ0v) is 12.6. The van der Waals surface area contributed by atoms with Crippen molar-refractivity contribution in [3.63, 3.8) is 0 Å². The summed E-state index contributed by atoms with van der Waals surface area (Å²) in [6.45, 7) is 3.62. The molecule has 20 heavy (non-hydrogen) atoms. The summed E-state index contributed by atoms with van der Waals surface area (Å²) in [5.41, 5.74) is 2.46. The number of nitrogens with one attached hydrogen (secondary N) is 2. The van der Waals surface area contributed by atoms with Crippen LogP contribution in [0.3, 0.4) is 0 Å². The van der Waals surface area contributed by atoms with Crippen molar-refractivity contribution < 1.29 is 4.79 Å². The molecule has 0 aliphatic carbocycles. The number of aromatic nitrogens is 1. The molecular formula is C14H14ClN3OS. The maximum absolute atomic E-state index is 12.3. The highest BCUT2D eigenvalue weighted by Crippen LogP contribution is 2.26. The molecule has 2 aromatic rings. The third-order valence-corrected chi connectivity index (χ3v) is 4.76. The number of carbonyl (C=O) groups excluding carboxylic acids is 1. The van der Waals surface area contributed by atoms with Gasteiger partial charge in [0.1, 0.15) is 0 Å². The van der Waals surface area contributed by atoms with Gasteiger partial charge in [0.2, 0.25) is 0 Å². The Morgan fingerprint density at radius 3 is 3.15 bits per heavy atom. The lowest BCUT2D eigenvalue weighted by Crippen LogP contribution is -2.22. The van der Waals surface area contributed by atoms with E-state index in [1.165, 1.54) is 16.2 Å². The number of hydrogen-bond donors (Lipinski definition) is 2. The first-order chi connectivity index (χ1) is 9.65. The molecule has 3 rings (SSSR count). The molecule has 4 nitrogen and oxygen atoms in total. The number of anilines is 1. The van der Waals surface area contributed by atoms with Gasteiger partial charge in [0.15, 0.2) is 5.13 Å². The largest absolute Gasteiger partial charge is 0.311 e. The molecule has 0 saturated heterocycles. The van der Waals surface area contributed by atoms with E-state index in [0.29, 0.717) is 15.7 Å². The Hall–Kier alpha value is -1.43. The topological polar surface area (TPSA) is 54.0 Å². The molecule has 104 valence electrons. The van der Waals surface area contributed by atoms with Gasteiger partial charge in [-0.1, -0.05) is 17.7 Å². The van der Waals surface area contributed by atoms with Crippen molar-refractivity contribution in [3.8, 4) is 0 Å². The molecule has 1 aliphatic heterocycles. The fraction of sp³-hybridized carbons (Fsp3) is 0.286. The number of fused-ring (bicyclic) bond motifs is 1. The summed E-state index contributed by atoms with van der Waals surface area (Å²) < 4.78 is 0. The Kier molecular flexibility index (Phi) is 3.74. The summed E-state index contributed by atoms with van der Waals surface area (Å²) in [5.74, 6) is -0.163. The predicted octanol–water partition coefficient (Wildman–Crippen LogP) is 3.00. The maximum Gasteiger partial charge on any atom is 0.257 e.